The van der Waals surface area contributed by atoms with Crippen LogP contribution >= 0.6 is 15.9 Å². The molecular weight excluding hydrogens is 220 g/mol. The van der Waals surface area contributed by atoms with Crippen LogP contribution in [0.2, 0.25) is 0 Å². The van der Waals surface area contributed by atoms with E-state index in [0.717, 1.165) is 19.3 Å². The molecule has 1 aliphatic rings. The normalized spacial score (nSPS) is 20.8. The summed E-state index contributed by atoms with van der Waals surface area (Å²) in [6.45, 7) is 1.97. The first-order chi connectivity index (χ1) is 5.74. The highest BCUT2D eigenvalue weighted by Gasteiger charge is 2.22. The Hall–Kier alpha value is -0.0500. The van der Waals surface area contributed by atoms with Crippen molar-refractivity contribution < 1.29 is 9.53 Å². The van der Waals surface area contributed by atoms with Gasteiger partial charge in [0.1, 0.15) is 10.9 Å². The van der Waals surface area contributed by atoms with Gasteiger partial charge < -0.3 is 4.74 Å². The Morgan fingerprint density at radius 2 is 2.17 bits per heavy atom. The summed E-state index contributed by atoms with van der Waals surface area (Å²) in [6, 6.07) is 0. The third-order valence-corrected chi connectivity index (χ3v) is 3.22. The fraction of sp³-hybridized carbons (Fsp3) is 0.889. The van der Waals surface area contributed by atoms with Crippen LogP contribution in [-0.4, -0.2) is 16.9 Å². The minimum absolute atomic E-state index is 0.0931. The van der Waals surface area contributed by atoms with Crippen LogP contribution in [0, 0.1) is 0 Å². The largest absolute Gasteiger partial charge is 0.462 e. The van der Waals surface area contributed by atoms with E-state index in [1.807, 2.05) is 6.92 Å². The number of alkyl halides is 1. The highest BCUT2D eigenvalue weighted by atomic mass is 79.9. The van der Waals surface area contributed by atoms with Crippen molar-refractivity contribution in [2.45, 2.75) is 50.0 Å². The van der Waals surface area contributed by atoms with Crippen molar-refractivity contribution in [2.75, 3.05) is 0 Å². The van der Waals surface area contributed by atoms with Crippen LogP contribution in [0.4, 0.5) is 0 Å². The average Bonchev–Trinajstić information content (AvgIpc) is 2.55. The second kappa shape index (κ2) is 4.85. The Labute approximate surface area is 81.8 Å². The number of halogens is 1. The van der Waals surface area contributed by atoms with Crippen LogP contribution < -0.4 is 0 Å². The standard InChI is InChI=1S/C9H15BrO2/c1-2-8(10)9(11)12-7-5-3-4-6-7/h7-8H,2-6H2,1H3. The van der Waals surface area contributed by atoms with E-state index in [0.29, 0.717) is 0 Å². The van der Waals surface area contributed by atoms with Crippen LogP contribution in [0.25, 0.3) is 0 Å². The lowest BCUT2D eigenvalue weighted by Gasteiger charge is -2.13. The molecule has 0 heterocycles. The zero-order valence-corrected chi connectivity index (χ0v) is 8.97. The van der Waals surface area contributed by atoms with E-state index < -0.39 is 0 Å². The van der Waals surface area contributed by atoms with E-state index in [-0.39, 0.29) is 16.9 Å². The van der Waals surface area contributed by atoms with Crippen LogP contribution in [0.3, 0.4) is 0 Å². The smallest absolute Gasteiger partial charge is 0.319 e. The molecule has 12 heavy (non-hydrogen) atoms. The zero-order chi connectivity index (χ0) is 8.97. The van der Waals surface area contributed by atoms with E-state index in [1.54, 1.807) is 0 Å². The van der Waals surface area contributed by atoms with Gasteiger partial charge in [0.15, 0.2) is 0 Å². The number of hydrogen-bond donors (Lipinski definition) is 0. The average molecular weight is 235 g/mol. The molecule has 1 rings (SSSR count). The van der Waals surface area contributed by atoms with E-state index in [1.165, 1.54) is 12.8 Å². The molecule has 0 N–H and O–H groups in total. The molecule has 1 unspecified atom stereocenters. The summed E-state index contributed by atoms with van der Waals surface area (Å²) in [4.78, 5) is 11.1. The van der Waals surface area contributed by atoms with Gasteiger partial charge in [-0.25, -0.2) is 0 Å². The fourth-order valence-electron chi connectivity index (χ4n) is 1.41. The summed E-state index contributed by atoms with van der Waals surface area (Å²) in [7, 11) is 0. The van der Waals surface area contributed by atoms with Gasteiger partial charge in [0, 0.05) is 0 Å². The molecule has 0 aromatic rings. The number of ether oxygens (including phenoxy) is 1. The van der Waals surface area contributed by atoms with Crippen LogP contribution in [0.1, 0.15) is 39.0 Å². The molecule has 0 aromatic carbocycles. The molecule has 0 bridgehead atoms. The molecule has 0 amide bonds. The number of carbonyl (C=O) groups excluding carboxylic acids is 1. The summed E-state index contributed by atoms with van der Waals surface area (Å²) in [6.07, 6.45) is 5.51. The molecule has 1 aliphatic carbocycles. The maximum atomic E-state index is 11.3. The van der Waals surface area contributed by atoms with Crippen molar-refractivity contribution in [2.24, 2.45) is 0 Å². The van der Waals surface area contributed by atoms with E-state index in [4.69, 9.17) is 4.74 Å². The third-order valence-electron chi connectivity index (χ3n) is 2.20. The Balaban J connectivity index is 2.25. The molecule has 0 aliphatic heterocycles. The molecule has 0 saturated heterocycles. The summed E-state index contributed by atoms with van der Waals surface area (Å²) in [5.41, 5.74) is 0. The predicted octanol–water partition coefficient (Wildman–Crippen LogP) is 2.65. The number of esters is 1. The van der Waals surface area contributed by atoms with Gasteiger partial charge in [-0.15, -0.1) is 0 Å². The first-order valence-electron chi connectivity index (χ1n) is 4.58. The van der Waals surface area contributed by atoms with Gasteiger partial charge in [-0.05, 0) is 32.1 Å². The van der Waals surface area contributed by atoms with Crippen molar-refractivity contribution in [1.82, 2.24) is 0 Å². The molecule has 70 valence electrons. The molecule has 3 heteroatoms. The lowest BCUT2D eigenvalue weighted by atomic mass is 10.3. The Bertz CT molecular complexity index is 153. The summed E-state index contributed by atoms with van der Waals surface area (Å²) < 4.78 is 5.28. The molecular formula is C9H15BrO2. The molecule has 0 radical (unpaired) electrons. The Morgan fingerprint density at radius 1 is 1.58 bits per heavy atom. The monoisotopic (exact) mass is 234 g/mol. The maximum Gasteiger partial charge on any atom is 0.319 e. The lowest BCUT2D eigenvalue weighted by molar-refractivity contribution is -0.147. The lowest BCUT2D eigenvalue weighted by Crippen LogP contribution is -2.22. The minimum atomic E-state index is -0.113. The predicted molar refractivity (Wildman–Crippen MR) is 51.4 cm³/mol. The first kappa shape index (κ1) is 10.0. The van der Waals surface area contributed by atoms with Gasteiger partial charge in [-0.2, -0.15) is 0 Å². The second-order valence-electron chi connectivity index (χ2n) is 3.22. The van der Waals surface area contributed by atoms with Crippen molar-refractivity contribution in [3.05, 3.63) is 0 Å². The third kappa shape index (κ3) is 2.77. The van der Waals surface area contributed by atoms with E-state index >= 15 is 0 Å². The summed E-state index contributed by atoms with van der Waals surface area (Å²) >= 11 is 3.27. The van der Waals surface area contributed by atoms with Crippen LogP contribution in [0.15, 0.2) is 0 Å². The van der Waals surface area contributed by atoms with Crippen molar-refractivity contribution in [3.63, 3.8) is 0 Å². The summed E-state index contributed by atoms with van der Waals surface area (Å²) in [5.74, 6) is -0.0931. The fourth-order valence-corrected chi connectivity index (χ4v) is 1.52. The van der Waals surface area contributed by atoms with Gasteiger partial charge in [-0.3, -0.25) is 4.79 Å². The Kier molecular flexibility index (Phi) is 4.06. The van der Waals surface area contributed by atoms with Gasteiger partial charge in [0.25, 0.3) is 0 Å². The molecule has 0 spiro atoms. The van der Waals surface area contributed by atoms with E-state index in [2.05, 4.69) is 15.9 Å². The highest BCUT2D eigenvalue weighted by Crippen LogP contribution is 2.22. The molecule has 1 fully saturated rings. The van der Waals surface area contributed by atoms with Crippen molar-refractivity contribution in [3.8, 4) is 0 Å². The quantitative estimate of drug-likeness (QED) is 0.555. The first-order valence-corrected chi connectivity index (χ1v) is 5.50. The topological polar surface area (TPSA) is 26.3 Å². The van der Waals surface area contributed by atoms with Crippen LogP contribution in [0.5, 0.6) is 0 Å². The van der Waals surface area contributed by atoms with Crippen molar-refractivity contribution >= 4 is 21.9 Å². The zero-order valence-electron chi connectivity index (χ0n) is 7.38. The van der Waals surface area contributed by atoms with Crippen molar-refractivity contribution in [1.29, 1.82) is 0 Å². The summed E-state index contributed by atoms with van der Waals surface area (Å²) in [5, 5.41) is 0. The maximum absolute atomic E-state index is 11.3. The van der Waals surface area contributed by atoms with Gasteiger partial charge >= 0.3 is 5.97 Å². The number of hydrogen-bond acceptors (Lipinski definition) is 2. The number of carbonyl (C=O) groups is 1. The van der Waals surface area contributed by atoms with Gasteiger partial charge in [0.05, 0.1) is 0 Å². The second-order valence-corrected chi connectivity index (χ2v) is 4.32. The SMILES string of the molecule is CCC(Br)C(=O)OC1CCCC1. The van der Waals surface area contributed by atoms with Crippen LogP contribution in [-0.2, 0) is 9.53 Å². The van der Waals surface area contributed by atoms with Gasteiger partial charge in [-0.1, -0.05) is 22.9 Å². The minimum Gasteiger partial charge on any atom is -0.462 e. The Morgan fingerprint density at radius 3 is 2.67 bits per heavy atom. The molecule has 1 saturated carbocycles. The molecule has 0 aromatic heterocycles. The van der Waals surface area contributed by atoms with Gasteiger partial charge in [0.2, 0.25) is 0 Å². The number of rotatable bonds is 3. The highest BCUT2D eigenvalue weighted by molar-refractivity contribution is 9.10. The van der Waals surface area contributed by atoms with E-state index in [9.17, 15) is 4.79 Å². The molecule has 1 atom stereocenters. The molecule has 2 nitrogen and oxygen atoms in total.